The summed E-state index contributed by atoms with van der Waals surface area (Å²) in [5, 5.41) is 12.7. The average Bonchev–Trinajstić information content (AvgIpc) is 2.42. The summed E-state index contributed by atoms with van der Waals surface area (Å²) >= 11 is 0. The van der Waals surface area contributed by atoms with Gasteiger partial charge in [-0.1, -0.05) is 12.1 Å². The first-order chi connectivity index (χ1) is 9.60. The minimum Gasteiger partial charge on any atom is -0.508 e. The highest BCUT2D eigenvalue weighted by molar-refractivity contribution is 5.49. The molecule has 0 heterocycles. The SMILES string of the molecule is CCOc1ccc(NC(C)c2cccc(O)c2)cc1F. The standard InChI is InChI=1S/C16H18FNO2/c1-3-20-16-8-7-13(10-15(16)17)18-11(2)12-5-4-6-14(19)9-12/h4-11,18-19H,3H2,1-2H3. The molecular formula is C16H18FNO2. The highest BCUT2D eigenvalue weighted by Gasteiger charge is 2.08. The molecule has 2 rings (SSSR count). The van der Waals surface area contributed by atoms with Gasteiger partial charge in [-0.2, -0.15) is 0 Å². The second kappa shape index (κ2) is 6.28. The Morgan fingerprint density at radius 3 is 2.70 bits per heavy atom. The van der Waals surface area contributed by atoms with Crippen molar-refractivity contribution < 1.29 is 14.2 Å². The zero-order valence-corrected chi connectivity index (χ0v) is 11.6. The van der Waals surface area contributed by atoms with E-state index in [-0.39, 0.29) is 23.4 Å². The van der Waals surface area contributed by atoms with Crippen molar-refractivity contribution in [2.75, 3.05) is 11.9 Å². The fraction of sp³-hybridized carbons (Fsp3) is 0.250. The zero-order chi connectivity index (χ0) is 14.5. The van der Waals surface area contributed by atoms with Crippen molar-refractivity contribution in [3.63, 3.8) is 0 Å². The quantitative estimate of drug-likeness (QED) is 0.863. The van der Waals surface area contributed by atoms with E-state index in [0.29, 0.717) is 12.3 Å². The van der Waals surface area contributed by atoms with E-state index in [0.717, 1.165) is 5.56 Å². The topological polar surface area (TPSA) is 41.5 Å². The Bertz CT molecular complexity index is 586. The van der Waals surface area contributed by atoms with Crippen LogP contribution in [-0.2, 0) is 0 Å². The van der Waals surface area contributed by atoms with Crippen LogP contribution in [0.5, 0.6) is 11.5 Å². The van der Waals surface area contributed by atoms with Gasteiger partial charge in [0, 0.05) is 17.8 Å². The van der Waals surface area contributed by atoms with Crippen LogP contribution in [0.2, 0.25) is 0 Å². The smallest absolute Gasteiger partial charge is 0.167 e. The van der Waals surface area contributed by atoms with Gasteiger partial charge in [-0.15, -0.1) is 0 Å². The number of nitrogens with one attached hydrogen (secondary N) is 1. The molecule has 2 aromatic carbocycles. The molecule has 0 aliphatic heterocycles. The Morgan fingerprint density at radius 1 is 1.25 bits per heavy atom. The van der Waals surface area contributed by atoms with Gasteiger partial charge >= 0.3 is 0 Å². The van der Waals surface area contributed by atoms with Gasteiger partial charge in [-0.3, -0.25) is 0 Å². The number of hydrogen-bond donors (Lipinski definition) is 2. The van der Waals surface area contributed by atoms with E-state index in [1.807, 2.05) is 19.9 Å². The van der Waals surface area contributed by atoms with Gasteiger partial charge in [0.25, 0.3) is 0 Å². The predicted molar refractivity (Wildman–Crippen MR) is 77.7 cm³/mol. The normalized spacial score (nSPS) is 11.9. The lowest BCUT2D eigenvalue weighted by atomic mass is 10.1. The molecule has 0 amide bonds. The molecule has 0 radical (unpaired) electrons. The van der Waals surface area contributed by atoms with Crippen molar-refractivity contribution in [2.45, 2.75) is 19.9 Å². The number of halogens is 1. The minimum absolute atomic E-state index is 0.0422. The van der Waals surface area contributed by atoms with Crippen molar-refractivity contribution >= 4 is 5.69 Å². The first kappa shape index (κ1) is 14.2. The second-order valence-corrected chi connectivity index (χ2v) is 4.54. The molecule has 0 spiro atoms. The largest absolute Gasteiger partial charge is 0.508 e. The van der Waals surface area contributed by atoms with Crippen LogP contribution in [-0.4, -0.2) is 11.7 Å². The molecule has 2 aromatic rings. The van der Waals surface area contributed by atoms with Crippen molar-refractivity contribution in [1.82, 2.24) is 0 Å². The Labute approximate surface area is 118 Å². The lowest BCUT2D eigenvalue weighted by Crippen LogP contribution is -2.07. The Kier molecular flexibility index (Phi) is 4.45. The summed E-state index contributed by atoms with van der Waals surface area (Å²) in [6.45, 7) is 4.20. The fourth-order valence-corrected chi connectivity index (χ4v) is 1.99. The van der Waals surface area contributed by atoms with Crippen LogP contribution >= 0.6 is 0 Å². The molecule has 0 aliphatic carbocycles. The van der Waals surface area contributed by atoms with Crippen molar-refractivity contribution in [1.29, 1.82) is 0 Å². The van der Waals surface area contributed by atoms with E-state index in [9.17, 15) is 9.50 Å². The summed E-state index contributed by atoms with van der Waals surface area (Å²) in [4.78, 5) is 0. The molecule has 1 unspecified atom stereocenters. The maximum absolute atomic E-state index is 13.7. The van der Waals surface area contributed by atoms with Crippen LogP contribution in [0.1, 0.15) is 25.5 Å². The number of rotatable bonds is 5. The Hall–Kier alpha value is -2.23. The monoisotopic (exact) mass is 275 g/mol. The van der Waals surface area contributed by atoms with E-state index in [1.54, 1.807) is 30.3 Å². The number of anilines is 1. The molecule has 0 bridgehead atoms. The van der Waals surface area contributed by atoms with E-state index >= 15 is 0 Å². The lowest BCUT2D eigenvalue weighted by Gasteiger charge is -2.16. The maximum atomic E-state index is 13.7. The van der Waals surface area contributed by atoms with E-state index < -0.39 is 0 Å². The molecule has 0 aromatic heterocycles. The first-order valence-electron chi connectivity index (χ1n) is 6.58. The maximum Gasteiger partial charge on any atom is 0.167 e. The number of aromatic hydroxyl groups is 1. The summed E-state index contributed by atoms with van der Waals surface area (Å²) in [7, 11) is 0. The molecule has 0 aliphatic rings. The number of hydrogen-bond acceptors (Lipinski definition) is 3. The van der Waals surface area contributed by atoms with Gasteiger partial charge in [0.15, 0.2) is 11.6 Å². The number of benzene rings is 2. The molecular weight excluding hydrogens is 257 g/mol. The summed E-state index contributed by atoms with van der Waals surface area (Å²) in [6, 6.07) is 11.7. The van der Waals surface area contributed by atoms with Crippen LogP contribution in [0.15, 0.2) is 42.5 Å². The molecule has 1 atom stereocenters. The molecule has 2 N–H and O–H groups in total. The van der Waals surface area contributed by atoms with Gasteiger partial charge in [0.05, 0.1) is 6.61 Å². The van der Waals surface area contributed by atoms with Crippen molar-refractivity contribution in [3.8, 4) is 11.5 Å². The molecule has 3 nitrogen and oxygen atoms in total. The summed E-state index contributed by atoms with van der Waals surface area (Å²) in [6.07, 6.45) is 0. The van der Waals surface area contributed by atoms with E-state index in [2.05, 4.69) is 5.32 Å². The summed E-state index contributed by atoms with van der Waals surface area (Å²) in [5.74, 6) is 0.0806. The number of phenolic OH excluding ortho intramolecular Hbond substituents is 1. The van der Waals surface area contributed by atoms with Gasteiger partial charge in [-0.05, 0) is 43.7 Å². The van der Waals surface area contributed by atoms with E-state index in [1.165, 1.54) is 6.07 Å². The van der Waals surface area contributed by atoms with Crippen LogP contribution in [0.3, 0.4) is 0 Å². The predicted octanol–water partition coefficient (Wildman–Crippen LogP) is 4.10. The third-order valence-electron chi connectivity index (χ3n) is 2.99. The average molecular weight is 275 g/mol. The zero-order valence-electron chi connectivity index (χ0n) is 11.6. The molecule has 20 heavy (non-hydrogen) atoms. The van der Waals surface area contributed by atoms with Gasteiger partial charge in [0.1, 0.15) is 5.75 Å². The molecule has 0 saturated heterocycles. The lowest BCUT2D eigenvalue weighted by molar-refractivity contribution is 0.321. The fourth-order valence-electron chi connectivity index (χ4n) is 1.99. The Morgan fingerprint density at radius 2 is 2.05 bits per heavy atom. The number of ether oxygens (including phenoxy) is 1. The summed E-state index contributed by atoms with van der Waals surface area (Å²) < 4.78 is 18.9. The van der Waals surface area contributed by atoms with Crippen molar-refractivity contribution in [2.24, 2.45) is 0 Å². The van der Waals surface area contributed by atoms with Gasteiger partial charge in [-0.25, -0.2) is 4.39 Å². The number of phenols is 1. The second-order valence-electron chi connectivity index (χ2n) is 4.54. The first-order valence-corrected chi connectivity index (χ1v) is 6.58. The van der Waals surface area contributed by atoms with Gasteiger partial charge < -0.3 is 15.2 Å². The minimum atomic E-state index is -0.389. The third kappa shape index (κ3) is 3.41. The third-order valence-corrected chi connectivity index (χ3v) is 2.99. The molecule has 0 saturated carbocycles. The van der Waals surface area contributed by atoms with Crippen LogP contribution < -0.4 is 10.1 Å². The highest BCUT2D eigenvalue weighted by atomic mass is 19.1. The van der Waals surface area contributed by atoms with Gasteiger partial charge in [0.2, 0.25) is 0 Å². The Balaban J connectivity index is 2.11. The van der Waals surface area contributed by atoms with Crippen LogP contribution in [0, 0.1) is 5.82 Å². The van der Waals surface area contributed by atoms with E-state index in [4.69, 9.17) is 4.74 Å². The summed E-state index contributed by atoms with van der Waals surface area (Å²) in [5.41, 5.74) is 1.60. The molecule has 0 fully saturated rings. The molecule has 4 heteroatoms. The van der Waals surface area contributed by atoms with Crippen molar-refractivity contribution in [3.05, 3.63) is 53.8 Å². The highest BCUT2D eigenvalue weighted by Crippen LogP contribution is 2.25. The molecule has 106 valence electrons. The van der Waals surface area contributed by atoms with Crippen LogP contribution in [0.25, 0.3) is 0 Å². The van der Waals surface area contributed by atoms with Crippen LogP contribution in [0.4, 0.5) is 10.1 Å².